The second-order valence-electron chi connectivity index (χ2n) is 9.03. The average Bonchev–Trinajstić information content (AvgIpc) is 3.41. The van der Waals surface area contributed by atoms with Gasteiger partial charge in [0.05, 0.1) is 24.8 Å². The highest BCUT2D eigenvalue weighted by molar-refractivity contribution is 5.89. The van der Waals surface area contributed by atoms with Crippen LogP contribution in [0.25, 0.3) is 27.7 Å². The zero-order valence-electron chi connectivity index (χ0n) is 18.7. The Morgan fingerprint density at radius 2 is 2.06 bits per heavy atom. The van der Waals surface area contributed by atoms with Crippen molar-refractivity contribution in [3.8, 4) is 17.0 Å². The molecule has 9 nitrogen and oxygen atoms in total. The molecule has 2 aliphatic rings. The first-order valence-corrected chi connectivity index (χ1v) is 11.5. The smallest absolute Gasteiger partial charge is 0.258 e. The van der Waals surface area contributed by atoms with Crippen molar-refractivity contribution in [2.24, 2.45) is 0 Å². The fourth-order valence-electron chi connectivity index (χ4n) is 5.08. The van der Waals surface area contributed by atoms with E-state index < -0.39 is 13.0 Å². The van der Waals surface area contributed by atoms with Crippen LogP contribution in [0.1, 0.15) is 32.1 Å². The molecule has 1 saturated heterocycles. The van der Waals surface area contributed by atoms with Crippen LogP contribution in [-0.2, 0) is 11.3 Å². The monoisotopic (exact) mass is 469 g/mol. The highest BCUT2D eigenvalue weighted by Crippen LogP contribution is 2.41. The van der Waals surface area contributed by atoms with E-state index in [4.69, 9.17) is 9.47 Å². The number of halogens is 2. The number of nitrogens with one attached hydrogen (secondary N) is 1. The Bertz CT molecular complexity index is 1340. The van der Waals surface area contributed by atoms with Crippen molar-refractivity contribution in [1.82, 2.24) is 29.6 Å². The van der Waals surface area contributed by atoms with Gasteiger partial charge in [0.25, 0.3) is 6.43 Å². The maximum absolute atomic E-state index is 12.9. The summed E-state index contributed by atoms with van der Waals surface area (Å²) in [5.74, 6) is 0.947. The molecule has 0 atom stereocenters. The molecule has 0 bridgehead atoms. The molecule has 11 heteroatoms. The first-order chi connectivity index (χ1) is 16.5. The Hall–Kier alpha value is -3.34. The SMILES string of the molecule is COc1nc(NC2CCC3(CCO3)CC2)nn2ccc(-c3ccc4nnn(CC(F)F)c4c3)c12. The highest BCUT2D eigenvalue weighted by Gasteiger charge is 2.41. The molecule has 1 spiro atoms. The summed E-state index contributed by atoms with van der Waals surface area (Å²) in [5, 5.41) is 16.0. The van der Waals surface area contributed by atoms with Crippen LogP contribution in [0.4, 0.5) is 14.7 Å². The third kappa shape index (κ3) is 3.64. The molecular weight excluding hydrogens is 444 g/mol. The van der Waals surface area contributed by atoms with Gasteiger partial charge < -0.3 is 14.8 Å². The minimum Gasteiger partial charge on any atom is -0.479 e. The molecule has 0 amide bonds. The first-order valence-electron chi connectivity index (χ1n) is 11.5. The van der Waals surface area contributed by atoms with Gasteiger partial charge in [-0.1, -0.05) is 11.3 Å². The van der Waals surface area contributed by atoms with Crippen LogP contribution in [0.3, 0.4) is 0 Å². The minimum absolute atomic E-state index is 0.108. The lowest BCUT2D eigenvalue weighted by Gasteiger charge is -2.46. The fraction of sp³-hybridized carbons (Fsp3) is 0.478. The number of methoxy groups -OCH3 is 1. The van der Waals surface area contributed by atoms with Gasteiger partial charge in [0.1, 0.15) is 17.6 Å². The van der Waals surface area contributed by atoms with Crippen LogP contribution in [0.15, 0.2) is 30.5 Å². The van der Waals surface area contributed by atoms with Gasteiger partial charge in [-0.3, -0.25) is 0 Å². The van der Waals surface area contributed by atoms with E-state index >= 15 is 0 Å². The number of aromatic nitrogens is 6. The Labute approximate surface area is 194 Å². The van der Waals surface area contributed by atoms with Gasteiger partial charge >= 0.3 is 0 Å². The van der Waals surface area contributed by atoms with Gasteiger partial charge in [-0.25, -0.2) is 18.0 Å². The molecule has 1 aromatic carbocycles. The van der Waals surface area contributed by atoms with E-state index in [9.17, 15) is 8.78 Å². The second-order valence-corrected chi connectivity index (χ2v) is 9.03. The van der Waals surface area contributed by atoms with Crippen molar-refractivity contribution in [1.29, 1.82) is 0 Å². The number of fused-ring (bicyclic) bond motifs is 2. The first kappa shape index (κ1) is 21.2. The lowest BCUT2D eigenvalue weighted by atomic mass is 9.77. The average molecular weight is 469 g/mol. The van der Waals surface area contributed by atoms with E-state index in [0.717, 1.165) is 49.8 Å². The lowest BCUT2D eigenvalue weighted by Crippen LogP contribution is -2.48. The van der Waals surface area contributed by atoms with Crippen molar-refractivity contribution >= 4 is 22.5 Å². The zero-order valence-corrected chi connectivity index (χ0v) is 18.7. The minimum atomic E-state index is -2.51. The topological polar surface area (TPSA) is 91.4 Å². The predicted molar refractivity (Wildman–Crippen MR) is 121 cm³/mol. The van der Waals surface area contributed by atoms with Crippen molar-refractivity contribution in [3.63, 3.8) is 0 Å². The molecule has 34 heavy (non-hydrogen) atoms. The largest absolute Gasteiger partial charge is 0.479 e. The molecule has 1 aliphatic carbocycles. The van der Waals surface area contributed by atoms with E-state index in [-0.39, 0.29) is 11.6 Å². The summed E-state index contributed by atoms with van der Waals surface area (Å²) in [6.45, 7) is 0.370. The molecule has 178 valence electrons. The third-order valence-electron chi connectivity index (χ3n) is 7.00. The molecular formula is C23H25F2N7O2. The highest BCUT2D eigenvalue weighted by atomic mass is 19.3. The molecule has 4 aromatic rings. The molecule has 1 saturated carbocycles. The van der Waals surface area contributed by atoms with Gasteiger partial charge in [-0.2, -0.15) is 4.98 Å². The molecule has 0 radical (unpaired) electrons. The van der Waals surface area contributed by atoms with Crippen LogP contribution in [0.2, 0.25) is 0 Å². The Morgan fingerprint density at radius 3 is 2.76 bits per heavy atom. The summed E-state index contributed by atoms with van der Waals surface area (Å²) < 4.78 is 40.3. The number of nitrogens with zero attached hydrogens (tertiary/aromatic N) is 6. The van der Waals surface area contributed by atoms with Gasteiger partial charge in [0, 0.05) is 17.8 Å². The Kier molecular flexibility index (Phi) is 5.09. The van der Waals surface area contributed by atoms with E-state index in [2.05, 4.69) is 25.7 Å². The summed E-state index contributed by atoms with van der Waals surface area (Å²) in [6.07, 6.45) is 4.62. The maximum Gasteiger partial charge on any atom is 0.258 e. The predicted octanol–water partition coefficient (Wildman–Crippen LogP) is 3.93. The van der Waals surface area contributed by atoms with Gasteiger partial charge in [0.2, 0.25) is 11.8 Å². The quantitative estimate of drug-likeness (QED) is 0.458. The number of anilines is 1. The van der Waals surface area contributed by atoms with Gasteiger partial charge in [-0.15, -0.1) is 10.2 Å². The van der Waals surface area contributed by atoms with Crippen LogP contribution < -0.4 is 10.1 Å². The Morgan fingerprint density at radius 1 is 1.24 bits per heavy atom. The summed E-state index contributed by atoms with van der Waals surface area (Å²) >= 11 is 0. The van der Waals surface area contributed by atoms with E-state index in [1.165, 1.54) is 4.68 Å². The number of rotatable bonds is 6. The summed E-state index contributed by atoms with van der Waals surface area (Å²) in [4.78, 5) is 4.63. The molecule has 4 heterocycles. The standard InChI is InChI=1S/C23H25F2N7O2/c1-33-21-20-16(14-2-3-17-18(12-14)32(30-28-17)13-19(24)25)6-10-31(20)29-22(27-21)26-15-4-7-23(8-5-15)9-11-34-23/h2-3,6,10,12,15,19H,4-5,7-9,11,13H2,1H3,(H,26,29). The third-order valence-corrected chi connectivity index (χ3v) is 7.00. The summed E-state index contributed by atoms with van der Waals surface area (Å²) in [5.41, 5.74) is 3.55. The number of ether oxygens (including phenoxy) is 2. The lowest BCUT2D eigenvalue weighted by molar-refractivity contribution is -0.165. The Balaban J connectivity index is 1.31. The van der Waals surface area contributed by atoms with Crippen LogP contribution in [-0.4, -0.2) is 61.4 Å². The zero-order chi connectivity index (χ0) is 23.3. The molecule has 6 rings (SSSR count). The van der Waals surface area contributed by atoms with Crippen LogP contribution in [0, 0.1) is 0 Å². The number of hydrogen-bond acceptors (Lipinski definition) is 7. The van der Waals surface area contributed by atoms with Crippen molar-refractivity contribution in [2.45, 2.75) is 56.7 Å². The van der Waals surface area contributed by atoms with Crippen molar-refractivity contribution in [3.05, 3.63) is 30.5 Å². The molecule has 2 fully saturated rings. The maximum atomic E-state index is 12.9. The van der Waals surface area contributed by atoms with Crippen molar-refractivity contribution in [2.75, 3.05) is 19.0 Å². The van der Waals surface area contributed by atoms with Crippen LogP contribution >= 0.6 is 0 Å². The number of benzene rings is 1. The molecule has 0 unspecified atom stereocenters. The number of hydrogen-bond donors (Lipinski definition) is 1. The van der Waals surface area contributed by atoms with Gasteiger partial charge in [-0.05, 0) is 55.9 Å². The summed E-state index contributed by atoms with van der Waals surface area (Å²) in [6, 6.07) is 7.66. The van der Waals surface area contributed by atoms with Gasteiger partial charge in [0.15, 0.2) is 0 Å². The van der Waals surface area contributed by atoms with E-state index in [1.54, 1.807) is 23.8 Å². The second kappa shape index (κ2) is 8.15. The fourth-order valence-corrected chi connectivity index (χ4v) is 5.08. The van der Waals surface area contributed by atoms with E-state index in [0.29, 0.717) is 28.4 Å². The van der Waals surface area contributed by atoms with Crippen LogP contribution in [0.5, 0.6) is 5.88 Å². The molecule has 1 aliphatic heterocycles. The molecule has 1 N–H and O–H groups in total. The van der Waals surface area contributed by atoms with E-state index in [1.807, 2.05) is 18.3 Å². The summed E-state index contributed by atoms with van der Waals surface area (Å²) in [7, 11) is 1.58. The molecule has 3 aromatic heterocycles. The van der Waals surface area contributed by atoms with Crippen molar-refractivity contribution < 1.29 is 18.3 Å². The number of alkyl halides is 2. The normalized spacial score (nSPS) is 22.5.